The van der Waals surface area contributed by atoms with Gasteiger partial charge in [0.15, 0.2) is 6.10 Å². The molecule has 0 aliphatic heterocycles. The van der Waals surface area contributed by atoms with Gasteiger partial charge in [0.2, 0.25) is 0 Å². The van der Waals surface area contributed by atoms with Crippen molar-refractivity contribution >= 4 is 28.7 Å². The minimum atomic E-state index is -1.21. The largest absolute Gasteiger partial charge is 0.507 e. The third-order valence-corrected chi connectivity index (χ3v) is 3.43. The summed E-state index contributed by atoms with van der Waals surface area (Å²) in [6, 6.07) is 9.08. The number of ether oxygens (including phenoxy) is 1. The molecule has 2 aromatic carbocycles. The monoisotopic (exact) mass is 330 g/mol. The SMILES string of the molecule is CC(C)[C@H](OC(=O)c1cc2ccccc2cc1O)C(=O)NC(N)=O. The molecule has 4 N–H and O–H groups in total. The van der Waals surface area contributed by atoms with Crippen molar-refractivity contribution in [1.29, 1.82) is 0 Å². The molecule has 0 unspecified atom stereocenters. The highest BCUT2D eigenvalue weighted by Crippen LogP contribution is 2.26. The van der Waals surface area contributed by atoms with E-state index >= 15 is 0 Å². The lowest BCUT2D eigenvalue weighted by Gasteiger charge is -2.20. The molecular weight excluding hydrogens is 312 g/mol. The minimum Gasteiger partial charge on any atom is -0.507 e. The quantitative estimate of drug-likeness (QED) is 0.740. The maximum Gasteiger partial charge on any atom is 0.342 e. The lowest BCUT2D eigenvalue weighted by Crippen LogP contribution is -2.45. The second-order valence-electron chi connectivity index (χ2n) is 5.64. The first-order chi connectivity index (χ1) is 11.3. The smallest absolute Gasteiger partial charge is 0.342 e. The number of fused-ring (bicyclic) bond motifs is 1. The zero-order valence-electron chi connectivity index (χ0n) is 13.3. The van der Waals surface area contributed by atoms with E-state index in [1.165, 1.54) is 12.1 Å². The van der Waals surface area contributed by atoms with E-state index in [2.05, 4.69) is 0 Å². The van der Waals surface area contributed by atoms with E-state index in [9.17, 15) is 19.5 Å². The van der Waals surface area contributed by atoms with Gasteiger partial charge in [-0.3, -0.25) is 10.1 Å². The highest BCUT2D eigenvalue weighted by atomic mass is 16.5. The molecule has 3 amide bonds. The van der Waals surface area contributed by atoms with Crippen molar-refractivity contribution in [3.63, 3.8) is 0 Å². The van der Waals surface area contributed by atoms with Crippen LogP contribution < -0.4 is 11.1 Å². The standard InChI is InChI=1S/C17H18N2O5/c1-9(2)14(15(21)19-17(18)23)24-16(22)12-7-10-5-3-4-6-11(10)8-13(12)20/h3-9,14,20H,1-2H3,(H3,18,19,21,23)/t14-/m0/s1. The molecule has 0 aromatic heterocycles. The summed E-state index contributed by atoms with van der Waals surface area (Å²) in [7, 11) is 0. The lowest BCUT2D eigenvalue weighted by molar-refractivity contribution is -0.130. The third-order valence-electron chi connectivity index (χ3n) is 3.43. The summed E-state index contributed by atoms with van der Waals surface area (Å²) in [6.07, 6.45) is -1.21. The van der Waals surface area contributed by atoms with Gasteiger partial charge in [-0.15, -0.1) is 0 Å². The number of imide groups is 1. The van der Waals surface area contributed by atoms with Gasteiger partial charge in [-0.05, 0) is 28.8 Å². The summed E-state index contributed by atoms with van der Waals surface area (Å²) in [5.41, 5.74) is 4.84. The van der Waals surface area contributed by atoms with Crippen molar-refractivity contribution in [2.24, 2.45) is 11.7 Å². The molecule has 0 saturated heterocycles. The summed E-state index contributed by atoms with van der Waals surface area (Å²) in [5, 5.41) is 13.4. The van der Waals surface area contributed by atoms with Gasteiger partial charge in [0, 0.05) is 0 Å². The molecule has 7 heteroatoms. The first-order valence-electron chi connectivity index (χ1n) is 7.32. The second kappa shape index (κ2) is 6.99. The molecule has 2 aromatic rings. The Kier molecular flexibility index (Phi) is 5.03. The Morgan fingerprint density at radius 1 is 1.12 bits per heavy atom. The molecule has 1 atom stereocenters. The van der Waals surface area contributed by atoms with Gasteiger partial charge in [-0.2, -0.15) is 0 Å². The van der Waals surface area contributed by atoms with Crippen molar-refractivity contribution in [3.8, 4) is 5.75 Å². The average Bonchev–Trinajstić information content (AvgIpc) is 2.50. The number of carbonyl (C=O) groups is 3. The lowest BCUT2D eigenvalue weighted by atomic mass is 10.0. The molecule has 0 fully saturated rings. The van der Waals surface area contributed by atoms with Crippen molar-refractivity contribution in [3.05, 3.63) is 42.0 Å². The fourth-order valence-corrected chi connectivity index (χ4v) is 2.26. The van der Waals surface area contributed by atoms with E-state index in [0.717, 1.165) is 10.8 Å². The van der Waals surface area contributed by atoms with Crippen LogP contribution in [0.25, 0.3) is 10.8 Å². The number of primary amides is 1. The number of esters is 1. The van der Waals surface area contributed by atoms with Gasteiger partial charge in [0.05, 0.1) is 0 Å². The number of amides is 3. The summed E-state index contributed by atoms with van der Waals surface area (Å²) in [5.74, 6) is -2.32. The van der Waals surface area contributed by atoms with Crippen LogP contribution in [0.2, 0.25) is 0 Å². The van der Waals surface area contributed by atoms with Crippen molar-refractivity contribution in [2.45, 2.75) is 20.0 Å². The molecule has 126 valence electrons. The van der Waals surface area contributed by atoms with E-state index in [1.807, 2.05) is 11.4 Å². The summed E-state index contributed by atoms with van der Waals surface area (Å²) < 4.78 is 5.17. The number of hydrogen-bond donors (Lipinski definition) is 3. The minimum absolute atomic E-state index is 0.0637. The van der Waals surface area contributed by atoms with Crippen LogP contribution in [0.3, 0.4) is 0 Å². The van der Waals surface area contributed by atoms with Crippen LogP contribution >= 0.6 is 0 Å². The first kappa shape index (κ1) is 17.3. The number of nitrogens with two attached hydrogens (primary N) is 1. The van der Waals surface area contributed by atoms with Crippen LogP contribution in [-0.2, 0) is 9.53 Å². The van der Waals surface area contributed by atoms with Gasteiger partial charge in [0.1, 0.15) is 11.3 Å². The molecule has 0 aliphatic rings. The van der Waals surface area contributed by atoms with E-state index in [-0.39, 0.29) is 11.3 Å². The first-order valence-corrected chi connectivity index (χ1v) is 7.32. The van der Waals surface area contributed by atoms with Crippen molar-refractivity contribution in [1.82, 2.24) is 5.32 Å². The van der Waals surface area contributed by atoms with E-state index in [0.29, 0.717) is 0 Å². The summed E-state index contributed by atoms with van der Waals surface area (Å²) in [4.78, 5) is 35.0. The fraction of sp³-hybridized carbons (Fsp3) is 0.235. The average molecular weight is 330 g/mol. The third kappa shape index (κ3) is 3.81. The van der Waals surface area contributed by atoms with Gasteiger partial charge in [-0.25, -0.2) is 9.59 Å². The number of aromatic hydroxyl groups is 1. The zero-order chi connectivity index (χ0) is 17.9. The number of phenols is 1. The van der Waals surface area contributed by atoms with Crippen LogP contribution in [0.1, 0.15) is 24.2 Å². The van der Waals surface area contributed by atoms with Crippen LogP contribution in [0.5, 0.6) is 5.75 Å². The number of benzene rings is 2. The van der Waals surface area contributed by atoms with E-state index < -0.39 is 29.9 Å². The van der Waals surface area contributed by atoms with Crippen LogP contribution in [0, 0.1) is 5.92 Å². The van der Waals surface area contributed by atoms with Crippen LogP contribution in [0.15, 0.2) is 36.4 Å². The normalized spacial score (nSPS) is 12.0. The topological polar surface area (TPSA) is 119 Å². The van der Waals surface area contributed by atoms with E-state index in [4.69, 9.17) is 10.5 Å². The summed E-state index contributed by atoms with van der Waals surface area (Å²) >= 11 is 0. The van der Waals surface area contributed by atoms with Crippen molar-refractivity contribution < 1.29 is 24.2 Å². The highest BCUT2D eigenvalue weighted by Gasteiger charge is 2.28. The number of phenolic OH excluding ortho intramolecular Hbond substituents is 1. The Bertz CT molecular complexity index is 801. The molecule has 0 saturated carbocycles. The zero-order valence-corrected chi connectivity index (χ0v) is 13.3. The number of nitrogens with one attached hydrogen (secondary N) is 1. The van der Waals surface area contributed by atoms with Crippen molar-refractivity contribution in [2.75, 3.05) is 0 Å². The Morgan fingerprint density at radius 3 is 2.25 bits per heavy atom. The number of hydrogen-bond acceptors (Lipinski definition) is 5. The molecular formula is C17H18N2O5. The van der Waals surface area contributed by atoms with Gasteiger partial charge in [-0.1, -0.05) is 38.1 Å². The van der Waals surface area contributed by atoms with E-state index in [1.54, 1.807) is 32.0 Å². The maximum absolute atomic E-state index is 12.3. The molecule has 0 heterocycles. The van der Waals surface area contributed by atoms with Gasteiger partial charge >= 0.3 is 12.0 Å². The molecule has 0 spiro atoms. The Hall–Kier alpha value is -3.09. The molecule has 24 heavy (non-hydrogen) atoms. The Morgan fingerprint density at radius 2 is 1.71 bits per heavy atom. The van der Waals surface area contributed by atoms with Crippen LogP contribution in [-0.4, -0.2) is 29.1 Å². The molecule has 0 bridgehead atoms. The predicted molar refractivity (Wildman–Crippen MR) is 87.4 cm³/mol. The molecule has 0 radical (unpaired) electrons. The van der Waals surface area contributed by atoms with Gasteiger partial charge in [0.25, 0.3) is 5.91 Å². The Balaban J connectivity index is 2.28. The van der Waals surface area contributed by atoms with Crippen LogP contribution in [0.4, 0.5) is 4.79 Å². The Labute approximate surface area is 138 Å². The summed E-state index contributed by atoms with van der Waals surface area (Å²) in [6.45, 7) is 3.30. The maximum atomic E-state index is 12.3. The highest BCUT2D eigenvalue weighted by molar-refractivity contribution is 6.01. The van der Waals surface area contributed by atoms with Gasteiger partial charge < -0.3 is 15.6 Å². The number of urea groups is 1. The predicted octanol–water partition coefficient (Wildman–Crippen LogP) is 1.92. The second-order valence-corrected chi connectivity index (χ2v) is 5.64. The fourth-order valence-electron chi connectivity index (χ4n) is 2.26. The molecule has 0 aliphatic carbocycles. The molecule has 2 rings (SSSR count). The number of carbonyl (C=O) groups excluding carboxylic acids is 3. The molecule has 7 nitrogen and oxygen atoms in total. The number of rotatable bonds is 4.